The van der Waals surface area contributed by atoms with Crippen molar-refractivity contribution in [2.75, 3.05) is 28.6 Å². The molecule has 0 saturated heterocycles. The summed E-state index contributed by atoms with van der Waals surface area (Å²) >= 11 is 0. The third kappa shape index (κ3) is 4.51. The maximum absolute atomic E-state index is 6.45. The van der Waals surface area contributed by atoms with E-state index >= 15 is 0 Å². The van der Waals surface area contributed by atoms with E-state index < -0.39 is 0 Å². The molecule has 0 amide bonds. The largest absolute Gasteiger partial charge is 0.495 e. The van der Waals surface area contributed by atoms with Crippen molar-refractivity contribution < 1.29 is 4.74 Å². The van der Waals surface area contributed by atoms with E-state index in [-0.39, 0.29) is 0 Å². The number of anilines is 6. The van der Waals surface area contributed by atoms with Gasteiger partial charge in [0.25, 0.3) is 0 Å². The molecule has 4 N–H and O–H groups in total. The lowest BCUT2D eigenvalue weighted by Gasteiger charge is -2.27. The van der Waals surface area contributed by atoms with Gasteiger partial charge in [-0.2, -0.15) is 0 Å². The molecule has 7 nitrogen and oxygen atoms in total. The number of aryl methyl sites for hydroxylation is 1. The Kier molecular flexibility index (Phi) is 5.84. The summed E-state index contributed by atoms with van der Waals surface area (Å²) in [7, 11) is 1.63. The van der Waals surface area contributed by atoms with Crippen LogP contribution in [0, 0.1) is 6.92 Å². The Bertz CT molecular complexity index is 1110. The Morgan fingerprint density at radius 2 is 1.45 bits per heavy atom. The van der Waals surface area contributed by atoms with Crippen LogP contribution in [0.25, 0.3) is 0 Å². The van der Waals surface area contributed by atoms with Gasteiger partial charge in [0.1, 0.15) is 17.8 Å². The number of para-hydroxylation sites is 2. The van der Waals surface area contributed by atoms with E-state index in [1.165, 1.54) is 6.33 Å². The summed E-state index contributed by atoms with van der Waals surface area (Å²) in [6.07, 6.45) is 1.47. The molecule has 4 rings (SSSR count). The van der Waals surface area contributed by atoms with Gasteiger partial charge in [0.05, 0.1) is 24.2 Å². The highest BCUT2D eigenvalue weighted by Gasteiger charge is 2.15. The Morgan fingerprint density at radius 1 is 0.839 bits per heavy atom. The molecule has 3 aromatic carbocycles. The van der Waals surface area contributed by atoms with Gasteiger partial charge in [-0.05, 0) is 48.9 Å². The highest BCUT2D eigenvalue weighted by atomic mass is 16.5. The summed E-state index contributed by atoms with van der Waals surface area (Å²) in [4.78, 5) is 8.70. The van der Waals surface area contributed by atoms with Crippen LogP contribution in [0.15, 0.2) is 85.2 Å². The molecule has 4 aromatic rings. The highest BCUT2D eigenvalue weighted by molar-refractivity contribution is 5.81. The zero-order valence-electron chi connectivity index (χ0n) is 17.4. The van der Waals surface area contributed by atoms with Crippen molar-refractivity contribution in [3.05, 3.63) is 90.8 Å². The summed E-state index contributed by atoms with van der Waals surface area (Å²) in [5, 5.41) is 5.19. The zero-order chi connectivity index (χ0) is 21.6. The number of hydrazine groups is 1. The highest BCUT2D eigenvalue weighted by Crippen LogP contribution is 2.33. The van der Waals surface area contributed by atoms with Crippen molar-refractivity contribution in [2.24, 2.45) is 0 Å². The van der Waals surface area contributed by atoms with Crippen LogP contribution in [0.4, 0.5) is 34.4 Å². The summed E-state index contributed by atoms with van der Waals surface area (Å²) in [6, 6.07) is 25.8. The fourth-order valence-corrected chi connectivity index (χ4v) is 3.17. The Labute approximate surface area is 181 Å². The summed E-state index contributed by atoms with van der Waals surface area (Å²) in [6.45, 7) is 2.01. The SMILES string of the molecule is COc1ccc(C)cc1Nc1ncnc(NN(c2ccccc2)c2ccccc2)c1N. The third-order valence-corrected chi connectivity index (χ3v) is 4.74. The third-order valence-electron chi connectivity index (χ3n) is 4.74. The fourth-order valence-electron chi connectivity index (χ4n) is 3.17. The topological polar surface area (TPSA) is 88.3 Å². The standard InChI is InChI=1S/C24H24N6O/c1-17-13-14-21(31-2)20(15-17)28-23-22(25)24(27-16-26-23)29-30(18-9-5-3-6-10-18)19-11-7-4-8-12-19/h3-16H,25H2,1-2H3,(H2,26,27,28,29). The summed E-state index contributed by atoms with van der Waals surface area (Å²) in [5.41, 5.74) is 13.9. The van der Waals surface area contributed by atoms with Crippen molar-refractivity contribution in [1.82, 2.24) is 9.97 Å². The minimum atomic E-state index is 0.392. The van der Waals surface area contributed by atoms with Crippen LogP contribution in [-0.4, -0.2) is 17.1 Å². The number of nitrogens with two attached hydrogens (primary N) is 1. The van der Waals surface area contributed by atoms with Crippen LogP contribution in [0.3, 0.4) is 0 Å². The molecule has 31 heavy (non-hydrogen) atoms. The molecular formula is C24H24N6O. The molecule has 0 bridgehead atoms. The predicted molar refractivity (Wildman–Crippen MR) is 126 cm³/mol. The van der Waals surface area contributed by atoms with E-state index in [0.29, 0.717) is 23.1 Å². The second-order valence-corrected chi connectivity index (χ2v) is 6.93. The van der Waals surface area contributed by atoms with Crippen LogP contribution in [0.5, 0.6) is 5.75 Å². The molecule has 1 aromatic heterocycles. The van der Waals surface area contributed by atoms with E-state index in [1.54, 1.807) is 7.11 Å². The van der Waals surface area contributed by atoms with Crippen molar-refractivity contribution in [3.63, 3.8) is 0 Å². The molecule has 0 aliphatic rings. The lowest BCUT2D eigenvalue weighted by Crippen LogP contribution is -2.26. The Hall–Kier alpha value is -4.26. The predicted octanol–water partition coefficient (Wildman–Crippen LogP) is 5.28. The molecule has 0 aliphatic carbocycles. The number of benzene rings is 3. The number of hydrogen-bond acceptors (Lipinski definition) is 7. The molecule has 0 aliphatic heterocycles. The van der Waals surface area contributed by atoms with Gasteiger partial charge in [-0.15, -0.1) is 0 Å². The number of methoxy groups -OCH3 is 1. The van der Waals surface area contributed by atoms with Crippen LogP contribution >= 0.6 is 0 Å². The minimum absolute atomic E-state index is 0.392. The van der Waals surface area contributed by atoms with Crippen LogP contribution < -0.4 is 26.2 Å². The quantitative estimate of drug-likeness (QED) is 0.356. The van der Waals surface area contributed by atoms with Crippen molar-refractivity contribution in [3.8, 4) is 5.75 Å². The average molecular weight is 412 g/mol. The van der Waals surface area contributed by atoms with Gasteiger partial charge < -0.3 is 15.8 Å². The lowest BCUT2D eigenvalue weighted by molar-refractivity contribution is 0.416. The average Bonchev–Trinajstić information content (AvgIpc) is 2.81. The van der Waals surface area contributed by atoms with E-state index in [2.05, 4.69) is 20.7 Å². The Balaban J connectivity index is 1.68. The van der Waals surface area contributed by atoms with Crippen molar-refractivity contribution >= 4 is 34.4 Å². The molecule has 7 heteroatoms. The van der Waals surface area contributed by atoms with Gasteiger partial charge in [-0.3, -0.25) is 10.4 Å². The number of aromatic nitrogens is 2. The first kappa shape index (κ1) is 20.0. The first-order chi connectivity index (χ1) is 15.2. The Morgan fingerprint density at radius 3 is 2.06 bits per heavy atom. The van der Waals surface area contributed by atoms with E-state index in [9.17, 15) is 0 Å². The zero-order valence-corrected chi connectivity index (χ0v) is 17.4. The van der Waals surface area contributed by atoms with Gasteiger partial charge in [0.2, 0.25) is 0 Å². The number of nitrogens with one attached hydrogen (secondary N) is 2. The monoisotopic (exact) mass is 412 g/mol. The van der Waals surface area contributed by atoms with Gasteiger partial charge in [-0.25, -0.2) is 9.97 Å². The van der Waals surface area contributed by atoms with Gasteiger partial charge in [0.15, 0.2) is 11.6 Å². The smallest absolute Gasteiger partial charge is 0.173 e. The van der Waals surface area contributed by atoms with Crippen molar-refractivity contribution in [1.29, 1.82) is 0 Å². The second kappa shape index (κ2) is 9.04. The van der Waals surface area contributed by atoms with Crippen LogP contribution in [0.2, 0.25) is 0 Å². The molecule has 0 atom stereocenters. The molecule has 1 heterocycles. The maximum Gasteiger partial charge on any atom is 0.173 e. The van der Waals surface area contributed by atoms with Gasteiger partial charge >= 0.3 is 0 Å². The molecule has 0 fully saturated rings. The molecule has 156 valence electrons. The number of nitrogen functional groups attached to an aromatic ring is 1. The van der Waals surface area contributed by atoms with Crippen LogP contribution in [-0.2, 0) is 0 Å². The first-order valence-electron chi connectivity index (χ1n) is 9.84. The van der Waals surface area contributed by atoms with Crippen LogP contribution in [0.1, 0.15) is 5.56 Å². The molecular weight excluding hydrogens is 388 g/mol. The molecule has 0 saturated carbocycles. The fraction of sp³-hybridized carbons (Fsp3) is 0.0833. The lowest BCUT2D eigenvalue weighted by atomic mass is 10.2. The number of nitrogens with zero attached hydrogens (tertiary/aromatic N) is 3. The summed E-state index contributed by atoms with van der Waals surface area (Å²) in [5.74, 6) is 1.67. The number of rotatable bonds is 7. The van der Waals surface area contributed by atoms with E-state index in [4.69, 9.17) is 10.5 Å². The first-order valence-corrected chi connectivity index (χ1v) is 9.84. The molecule has 0 spiro atoms. The number of ether oxygens (including phenoxy) is 1. The molecule has 0 radical (unpaired) electrons. The second-order valence-electron chi connectivity index (χ2n) is 6.93. The number of hydrogen-bond donors (Lipinski definition) is 3. The maximum atomic E-state index is 6.45. The summed E-state index contributed by atoms with van der Waals surface area (Å²) < 4.78 is 5.45. The minimum Gasteiger partial charge on any atom is -0.495 e. The molecule has 0 unspecified atom stereocenters. The van der Waals surface area contributed by atoms with Crippen molar-refractivity contribution in [2.45, 2.75) is 6.92 Å². The normalized spacial score (nSPS) is 10.4. The van der Waals surface area contributed by atoms with E-state index in [0.717, 1.165) is 22.6 Å². The van der Waals surface area contributed by atoms with Gasteiger partial charge in [-0.1, -0.05) is 42.5 Å². The van der Waals surface area contributed by atoms with E-state index in [1.807, 2.05) is 90.8 Å². The van der Waals surface area contributed by atoms with Gasteiger partial charge in [0, 0.05) is 0 Å².